The van der Waals surface area contributed by atoms with Crippen molar-refractivity contribution in [2.75, 3.05) is 38.3 Å². The molecular weight excluding hydrogens is 436 g/mol. The zero-order valence-electron chi connectivity index (χ0n) is 18.0. The molecule has 4 heterocycles. The lowest BCUT2D eigenvalue weighted by Crippen LogP contribution is -2.37. The summed E-state index contributed by atoms with van der Waals surface area (Å²) in [5, 5.41) is 0. The molecule has 1 saturated heterocycles. The third-order valence-corrected chi connectivity index (χ3v) is 5.64. The van der Waals surface area contributed by atoms with Crippen LogP contribution in [-0.4, -0.2) is 68.5 Å². The SMILES string of the molecule is COC(=O)C(C)n1cnc2c(-n3c(C(F)F)nc4ccccc43)nc(N3CCOCC3)nc21. The molecule has 1 aromatic carbocycles. The maximum atomic E-state index is 14.1. The summed E-state index contributed by atoms with van der Waals surface area (Å²) in [7, 11) is 1.30. The van der Waals surface area contributed by atoms with Gasteiger partial charge in [0.25, 0.3) is 6.43 Å². The molecule has 1 aliphatic rings. The molecule has 12 heteroatoms. The van der Waals surface area contributed by atoms with Crippen LogP contribution < -0.4 is 4.90 Å². The molecule has 0 spiro atoms. The number of aromatic nitrogens is 6. The summed E-state index contributed by atoms with van der Waals surface area (Å²) in [5.74, 6) is -0.428. The molecule has 1 unspecified atom stereocenters. The monoisotopic (exact) mass is 457 g/mol. The second-order valence-corrected chi connectivity index (χ2v) is 7.56. The van der Waals surface area contributed by atoms with Gasteiger partial charge in [-0.05, 0) is 19.1 Å². The molecule has 10 nitrogen and oxygen atoms in total. The average Bonchev–Trinajstić information content (AvgIpc) is 3.45. The lowest BCUT2D eigenvalue weighted by molar-refractivity contribution is -0.143. The van der Waals surface area contributed by atoms with Crippen LogP contribution in [0, 0.1) is 0 Å². The lowest BCUT2D eigenvalue weighted by Gasteiger charge is -2.27. The molecule has 1 aliphatic heterocycles. The van der Waals surface area contributed by atoms with Crippen LogP contribution in [0.25, 0.3) is 28.0 Å². The maximum absolute atomic E-state index is 14.1. The first-order chi connectivity index (χ1) is 16.0. The number of nitrogens with zero attached hydrogens (tertiary/aromatic N) is 7. The number of halogens is 2. The average molecular weight is 457 g/mol. The molecule has 0 amide bonds. The highest BCUT2D eigenvalue weighted by Gasteiger charge is 2.28. The number of alkyl halides is 2. The zero-order chi connectivity index (χ0) is 23.1. The fourth-order valence-corrected chi connectivity index (χ4v) is 3.93. The largest absolute Gasteiger partial charge is 0.467 e. The Hall–Kier alpha value is -3.67. The predicted molar refractivity (Wildman–Crippen MR) is 115 cm³/mol. The van der Waals surface area contributed by atoms with E-state index in [1.807, 2.05) is 4.90 Å². The Labute approximate surface area is 186 Å². The minimum absolute atomic E-state index is 0.168. The van der Waals surface area contributed by atoms with Gasteiger partial charge in [0.2, 0.25) is 5.95 Å². The van der Waals surface area contributed by atoms with Gasteiger partial charge in [0.1, 0.15) is 6.04 Å². The molecule has 4 aromatic rings. The minimum Gasteiger partial charge on any atom is -0.467 e. The van der Waals surface area contributed by atoms with Crippen LogP contribution in [0.15, 0.2) is 30.6 Å². The minimum atomic E-state index is -2.84. The lowest BCUT2D eigenvalue weighted by atomic mass is 10.3. The molecular formula is C21H21F2N7O3. The van der Waals surface area contributed by atoms with Crippen molar-refractivity contribution in [1.82, 2.24) is 29.1 Å². The Morgan fingerprint density at radius 3 is 2.64 bits per heavy atom. The van der Waals surface area contributed by atoms with E-state index in [-0.39, 0.29) is 11.3 Å². The first kappa shape index (κ1) is 21.2. The Balaban J connectivity index is 1.80. The summed E-state index contributed by atoms with van der Waals surface area (Å²) in [6.07, 6.45) is -1.40. The summed E-state index contributed by atoms with van der Waals surface area (Å²) >= 11 is 0. The Kier molecular flexibility index (Phi) is 5.36. The highest BCUT2D eigenvalue weighted by molar-refractivity contribution is 5.86. The molecule has 0 aliphatic carbocycles. The first-order valence-electron chi connectivity index (χ1n) is 10.4. The molecule has 0 bridgehead atoms. The molecule has 33 heavy (non-hydrogen) atoms. The van der Waals surface area contributed by atoms with Crippen molar-refractivity contribution >= 4 is 34.1 Å². The number of imidazole rings is 2. The van der Waals surface area contributed by atoms with Crippen molar-refractivity contribution in [2.24, 2.45) is 0 Å². The Morgan fingerprint density at radius 1 is 1.15 bits per heavy atom. The van der Waals surface area contributed by atoms with E-state index in [1.54, 1.807) is 35.8 Å². The van der Waals surface area contributed by atoms with E-state index in [1.165, 1.54) is 18.0 Å². The zero-order valence-corrected chi connectivity index (χ0v) is 18.0. The predicted octanol–water partition coefficient (Wildman–Crippen LogP) is 2.67. The van der Waals surface area contributed by atoms with Crippen LogP contribution >= 0.6 is 0 Å². The third kappa shape index (κ3) is 3.55. The highest BCUT2D eigenvalue weighted by Crippen LogP contribution is 2.32. The highest BCUT2D eigenvalue weighted by atomic mass is 19.3. The van der Waals surface area contributed by atoms with Crippen LogP contribution in [0.1, 0.15) is 25.2 Å². The van der Waals surface area contributed by atoms with Gasteiger partial charge in [-0.1, -0.05) is 12.1 Å². The number of hydrogen-bond acceptors (Lipinski definition) is 8. The van der Waals surface area contributed by atoms with Crippen molar-refractivity contribution in [2.45, 2.75) is 19.4 Å². The number of morpholine rings is 1. The van der Waals surface area contributed by atoms with E-state index in [4.69, 9.17) is 9.47 Å². The molecule has 172 valence electrons. The van der Waals surface area contributed by atoms with E-state index in [0.717, 1.165) is 0 Å². The van der Waals surface area contributed by atoms with Crippen molar-refractivity contribution < 1.29 is 23.0 Å². The quantitative estimate of drug-likeness (QED) is 0.422. The first-order valence-corrected chi connectivity index (χ1v) is 10.4. The van der Waals surface area contributed by atoms with Gasteiger partial charge in [-0.25, -0.2) is 23.5 Å². The van der Waals surface area contributed by atoms with Crippen molar-refractivity contribution in [3.05, 3.63) is 36.4 Å². The van der Waals surface area contributed by atoms with Crippen LogP contribution in [0.4, 0.5) is 14.7 Å². The fourth-order valence-electron chi connectivity index (χ4n) is 3.93. The van der Waals surface area contributed by atoms with Crippen molar-refractivity contribution in [3.8, 4) is 5.82 Å². The van der Waals surface area contributed by atoms with E-state index in [9.17, 15) is 13.6 Å². The van der Waals surface area contributed by atoms with Crippen LogP contribution in [0.3, 0.4) is 0 Å². The van der Waals surface area contributed by atoms with Crippen LogP contribution in [0.2, 0.25) is 0 Å². The van der Waals surface area contributed by atoms with E-state index in [0.29, 0.717) is 48.9 Å². The van der Waals surface area contributed by atoms with E-state index in [2.05, 4.69) is 19.9 Å². The number of anilines is 1. The topological polar surface area (TPSA) is 100 Å². The molecule has 1 atom stereocenters. The van der Waals surface area contributed by atoms with Crippen LogP contribution in [0.5, 0.6) is 0 Å². The van der Waals surface area contributed by atoms with E-state index < -0.39 is 24.3 Å². The Bertz CT molecular complexity index is 1330. The smallest absolute Gasteiger partial charge is 0.328 e. The molecule has 1 fully saturated rings. The van der Waals surface area contributed by atoms with Gasteiger partial charge in [0.15, 0.2) is 22.8 Å². The molecule has 5 rings (SSSR count). The van der Waals surface area contributed by atoms with Crippen LogP contribution in [-0.2, 0) is 14.3 Å². The standard InChI is InChI=1S/C21H21F2N7O3/c1-12(20(31)32-2)29-11-24-15-17(29)26-21(28-7-9-33-10-8-28)27-18(15)30-14-6-4-3-5-13(14)25-19(30)16(22)23/h3-6,11-12,16H,7-10H2,1-2H3. The van der Waals surface area contributed by atoms with Gasteiger partial charge in [-0.3, -0.25) is 4.57 Å². The molecule has 3 aromatic heterocycles. The summed E-state index contributed by atoms with van der Waals surface area (Å²) in [6.45, 7) is 3.71. The number of hydrogen-bond donors (Lipinski definition) is 0. The Morgan fingerprint density at radius 2 is 1.91 bits per heavy atom. The number of fused-ring (bicyclic) bond motifs is 2. The number of esters is 1. The van der Waals surface area contributed by atoms with Gasteiger partial charge in [-0.2, -0.15) is 9.97 Å². The van der Waals surface area contributed by atoms with E-state index >= 15 is 0 Å². The normalized spacial score (nSPS) is 15.5. The number of rotatable bonds is 5. The second kappa shape index (κ2) is 8.35. The summed E-state index contributed by atoms with van der Waals surface area (Å²) in [4.78, 5) is 32.0. The number of benzene rings is 1. The number of ether oxygens (including phenoxy) is 2. The molecule has 0 saturated carbocycles. The summed E-state index contributed by atoms with van der Waals surface area (Å²) < 4.78 is 41.3. The van der Waals surface area contributed by atoms with Gasteiger partial charge in [0, 0.05) is 13.1 Å². The number of carbonyl (C=O) groups is 1. The maximum Gasteiger partial charge on any atom is 0.328 e. The summed E-state index contributed by atoms with van der Waals surface area (Å²) in [5.41, 5.74) is 1.48. The van der Waals surface area contributed by atoms with Gasteiger partial charge in [0.05, 0.1) is 37.7 Å². The van der Waals surface area contributed by atoms with Gasteiger partial charge < -0.3 is 18.9 Å². The third-order valence-electron chi connectivity index (χ3n) is 5.64. The second-order valence-electron chi connectivity index (χ2n) is 7.56. The van der Waals surface area contributed by atoms with Crippen molar-refractivity contribution in [3.63, 3.8) is 0 Å². The fraction of sp³-hybridized carbons (Fsp3) is 0.381. The molecule has 0 N–H and O–H groups in total. The van der Waals surface area contributed by atoms with Gasteiger partial charge in [-0.15, -0.1) is 0 Å². The summed E-state index contributed by atoms with van der Waals surface area (Å²) in [6, 6.07) is 6.11. The van der Waals surface area contributed by atoms with Crippen molar-refractivity contribution in [1.29, 1.82) is 0 Å². The number of carbonyl (C=O) groups excluding carboxylic acids is 1. The van der Waals surface area contributed by atoms with Gasteiger partial charge >= 0.3 is 5.97 Å². The number of methoxy groups -OCH3 is 1. The number of para-hydroxylation sites is 2. The molecule has 0 radical (unpaired) electrons.